The Morgan fingerprint density at radius 2 is 2.37 bits per heavy atom. The van der Waals surface area contributed by atoms with Gasteiger partial charge in [0.15, 0.2) is 0 Å². The summed E-state index contributed by atoms with van der Waals surface area (Å²) in [4.78, 5) is 20.5. The fraction of sp³-hybridized carbons (Fsp3) is 0.615. The van der Waals surface area contributed by atoms with Gasteiger partial charge in [0.25, 0.3) is 0 Å². The van der Waals surface area contributed by atoms with Gasteiger partial charge in [-0.15, -0.1) is 11.8 Å². The summed E-state index contributed by atoms with van der Waals surface area (Å²) in [6.45, 7) is 2.75. The first kappa shape index (κ1) is 14.3. The molecule has 0 spiro atoms. The summed E-state index contributed by atoms with van der Waals surface area (Å²) in [6, 6.07) is 0. The fourth-order valence-electron chi connectivity index (χ4n) is 2.23. The van der Waals surface area contributed by atoms with Crippen LogP contribution in [-0.4, -0.2) is 40.9 Å². The fourth-order valence-corrected chi connectivity index (χ4v) is 3.33. The molecular formula is C13H19N3O2S. The molecule has 6 heteroatoms. The molecule has 1 fully saturated rings. The molecule has 1 unspecified atom stereocenters. The standard InChI is InChI=1S/C13H19N3O2S/c1-3-16-13(10-4-5-10,12(17)18-2)9-19-11-8-14-6-7-15-11/h6-8,10,16H,3-5,9H2,1-2H3. The number of carbonyl (C=O) groups is 1. The van der Waals surface area contributed by atoms with Crippen molar-refractivity contribution in [2.75, 3.05) is 19.4 Å². The monoisotopic (exact) mass is 281 g/mol. The summed E-state index contributed by atoms with van der Waals surface area (Å²) in [7, 11) is 1.45. The number of hydrogen-bond donors (Lipinski definition) is 1. The van der Waals surface area contributed by atoms with E-state index in [0.717, 1.165) is 24.4 Å². The third kappa shape index (κ3) is 3.25. The molecule has 0 bridgehead atoms. The van der Waals surface area contributed by atoms with E-state index in [1.807, 2.05) is 6.92 Å². The van der Waals surface area contributed by atoms with E-state index in [2.05, 4.69) is 15.3 Å². The number of rotatable bonds is 7. The van der Waals surface area contributed by atoms with Crippen LogP contribution in [-0.2, 0) is 9.53 Å². The number of aromatic nitrogens is 2. The SMILES string of the molecule is CCNC(CSc1cnccn1)(C(=O)OC)C1CC1. The van der Waals surface area contributed by atoms with Crippen molar-refractivity contribution >= 4 is 17.7 Å². The number of likely N-dealkylation sites (N-methyl/N-ethyl adjacent to an activating group) is 1. The zero-order valence-electron chi connectivity index (χ0n) is 11.3. The highest BCUT2D eigenvalue weighted by atomic mass is 32.2. The summed E-state index contributed by atoms with van der Waals surface area (Å²) in [6.07, 6.45) is 7.16. The van der Waals surface area contributed by atoms with Gasteiger partial charge in [0.05, 0.1) is 13.3 Å². The number of ether oxygens (including phenoxy) is 1. The second-order valence-corrected chi connectivity index (χ2v) is 5.60. The smallest absolute Gasteiger partial charge is 0.327 e. The number of thioether (sulfide) groups is 1. The molecule has 1 aromatic rings. The van der Waals surface area contributed by atoms with Crippen LogP contribution in [0.15, 0.2) is 23.6 Å². The van der Waals surface area contributed by atoms with Crippen LogP contribution >= 0.6 is 11.8 Å². The van der Waals surface area contributed by atoms with Crippen LogP contribution in [0.3, 0.4) is 0 Å². The molecule has 104 valence electrons. The molecule has 1 aliphatic rings. The lowest BCUT2D eigenvalue weighted by atomic mass is 9.95. The molecular weight excluding hydrogens is 262 g/mol. The first-order valence-corrected chi connectivity index (χ1v) is 7.43. The number of nitrogens with zero attached hydrogens (tertiary/aromatic N) is 2. The number of methoxy groups -OCH3 is 1. The largest absolute Gasteiger partial charge is 0.468 e. The molecule has 1 heterocycles. The molecule has 1 N–H and O–H groups in total. The van der Waals surface area contributed by atoms with E-state index >= 15 is 0 Å². The molecule has 1 aromatic heterocycles. The summed E-state index contributed by atoms with van der Waals surface area (Å²) in [5, 5.41) is 4.16. The first-order chi connectivity index (χ1) is 9.23. The van der Waals surface area contributed by atoms with Gasteiger partial charge in [-0.2, -0.15) is 0 Å². The van der Waals surface area contributed by atoms with Gasteiger partial charge in [-0.1, -0.05) is 6.92 Å². The Morgan fingerprint density at radius 3 is 2.89 bits per heavy atom. The Bertz CT molecular complexity index is 425. The minimum Gasteiger partial charge on any atom is -0.468 e. The van der Waals surface area contributed by atoms with Crippen molar-refractivity contribution in [3.8, 4) is 0 Å². The van der Waals surface area contributed by atoms with Gasteiger partial charge in [-0.3, -0.25) is 9.78 Å². The predicted octanol–water partition coefficient (Wildman–Crippen LogP) is 1.50. The van der Waals surface area contributed by atoms with Gasteiger partial charge >= 0.3 is 5.97 Å². The van der Waals surface area contributed by atoms with E-state index in [1.165, 1.54) is 7.11 Å². The molecule has 1 atom stereocenters. The number of hydrogen-bond acceptors (Lipinski definition) is 6. The van der Waals surface area contributed by atoms with Gasteiger partial charge in [-0.25, -0.2) is 4.98 Å². The van der Waals surface area contributed by atoms with Crippen molar-refractivity contribution in [2.24, 2.45) is 5.92 Å². The van der Waals surface area contributed by atoms with Gasteiger partial charge in [0.2, 0.25) is 0 Å². The van der Waals surface area contributed by atoms with Crippen molar-refractivity contribution in [3.63, 3.8) is 0 Å². The Hall–Kier alpha value is -1.14. The minimum absolute atomic E-state index is 0.173. The molecule has 0 aromatic carbocycles. The van der Waals surface area contributed by atoms with Crippen molar-refractivity contribution in [1.82, 2.24) is 15.3 Å². The lowest BCUT2D eigenvalue weighted by Gasteiger charge is -2.31. The van der Waals surface area contributed by atoms with E-state index < -0.39 is 5.54 Å². The zero-order chi connectivity index (χ0) is 13.7. The molecule has 0 radical (unpaired) electrons. The van der Waals surface area contributed by atoms with Crippen LogP contribution in [0.25, 0.3) is 0 Å². The summed E-state index contributed by atoms with van der Waals surface area (Å²) in [5.41, 5.74) is -0.592. The predicted molar refractivity (Wildman–Crippen MR) is 73.9 cm³/mol. The molecule has 1 saturated carbocycles. The maximum Gasteiger partial charge on any atom is 0.327 e. The van der Waals surface area contributed by atoms with Crippen molar-refractivity contribution < 1.29 is 9.53 Å². The highest BCUT2D eigenvalue weighted by Crippen LogP contribution is 2.42. The average molecular weight is 281 g/mol. The van der Waals surface area contributed by atoms with Gasteiger partial charge < -0.3 is 10.1 Å². The third-order valence-corrected chi connectivity index (χ3v) is 4.41. The first-order valence-electron chi connectivity index (χ1n) is 6.45. The topological polar surface area (TPSA) is 64.1 Å². The van der Waals surface area contributed by atoms with E-state index in [1.54, 1.807) is 30.4 Å². The molecule has 1 aliphatic carbocycles. The van der Waals surface area contributed by atoms with Gasteiger partial charge in [0.1, 0.15) is 10.6 Å². The maximum absolute atomic E-state index is 12.2. The van der Waals surface area contributed by atoms with E-state index in [9.17, 15) is 4.79 Å². The summed E-state index contributed by atoms with van der Waals surface area (Å²) in [5.74, 6) is 0.814. The second-order valence-electron chi connectivity index (χ2n) is 4.60. The molecule has 19 heavy (non-hydrogen) atoms. The number of esters is 1. The molecule has 2 rings (SSSR count). The van der Waals surface area contributed by atoms with E-state index in [4.69, 9.17) is 4.74 Å². The van der Waals surface area contributed by atoms with Gasteiger partial charge in [-0.05, 0) is 25.3 Å². The second kappa shape index (κ2) is 6.34. The Balaban J connectivity index is 2.10. The Labute approximate surface area is 117 Å². The minimum atomic E-state index is -0.592. The van der Waals surface area contributed by atoms with Crippen molar-refractivity contribution in [3.05, 3.63) is 18.6 Å². The lowest BCUT2D eigenvalue weighted by Crippen LogP contribution is -2.56. The Kier molecular flexibility index (Phi) is 4.76. The van der Waals surface area contributed by atoms with Crippen molar-refractivity contribution in [2.45, 2.75) is 30.3 Å². The van der Waals surface area contributed by atoms with Crippen LogP contribution in [0, 0.1) is 5.92 Å². The normalized spacial score (nSPS) is 17.8. The highest BCUT2D eigenvalue weighted by Gasteiger charge is 2.51. The molecule has 0 amide bonds. The number of nitrogens with one attached hydrogen (secondary N) is 1. The van der Waals surface area contributed by atoms with Crippen LogP contribution in [0.5, 0.6) is 0 Å². The molecule has 5 nitrogen and oxygen atoms in total. The third-order valence-electron chi connectivity index (χ3n) is 3.30. The van der Waals surface area contributed by atoms with Crippen LogP contribution in [0.2, 0.25) is 0 Å². The van der Waals surface area contributed by atoms with Crippen molar-refractivity contribution in [1.29, 1.82) is 0 Å². The lowest BCUT2D eigenvalue weighted by molar-refractivity contribution is -0.148. The van der Waals surface area contributed by atoms with E-state index in [-0.39, 0.29) is 5.97 Å². The van der Waals surface area contributed by atoms with E-state index in [0.29, 0.717) is 11.7 Å². The quantitative estimate of drug-likeness (QED) is 0.603. The highest BCUT2D eigenvalue weighted by molar-refractivity contribution is 7.99. The van der Waals surface area contributed by atoms with Crippen LogP contribution < -0.4 is 5.32 Å². The zero-order valence-corrected chi connectivity index (χ0v) is 12.1. The molecule has 0 aliphatic heterocycles. The van der Waals surface area contributed by atoms with Gasteiger partial charge in [0, 0.05) is 18.1 Å². The summed E-state index contributed by atoms with van der Waals surface area (Å²) < 4.78 is 5.01. The Morgan fingerprint density at radius 1 is 1.58 bits per heavy atom. The number of carbonyl (C=O) groups excluding carboxylic acids is 1. The maximum atomic E-state index is 12.2. The van der Waals surface area contributed by atoms with Crippen LogP contribution in [0.1, 0.15) is 19.8 Å². The summed E-state index contributed by atoms with van der Waals surface area (Å²) >= 11 is 1.54. The van der Waals surface area contributed by atoms with Crippen LogP contribution in [0.4, 0.5) is 0 Å². The average Bonchev–Trinajstić information content (AvgIpc) is 3.28. The molecule has 0 saturated heterocycles.